The van der Waals surface area contributed by atoms with Gasteiger partial charge in [-0.3, -0.25) is 9.78 Å². The topological polar surface area (TPSA) is 67.8 Å². The van der Waals surface area contributed by atoms with E-state index in [1.54, 1.807) is 12.3 Å². The Morgan fingerprint density at radius 3 is 2.80 bits per heavy atom. The summed E-state index contributed by atoms with van der Waals surface area (Å²) in [5, 5.41) is 2.13. The van der Waals surface area contributed by atoms with E-state index in [0.717, 1.165) is 16.3 Å². The molecule has 78 valence electrons. The van der Waals surface area contributed by atoms with Gasteiger partial charge in [0.05, 0.1) is 5.69 Å². The van der Waals surface area contributed by atoms with Gasteiger partial charge in [-0.25, -0.2) is 14.3 Å². The van der Waals surface area contributed by atoms with Gasteiger partial charge in [-0.15, -0.1) is 11.3 Å². The van der Waals surface area contributed by atoms with E-state index in [1.165, 1.54) is 11.3 Å². The van der Waals surface area contributed by atoms with Gasteiger partial charge >= 0.3 is 5.69 Å². The van der Waals surface area contributed by atoms with E-state index in [0.29, 0.717) is 5.13 Å². The van der Waals surface area contributed by atoms with Gasteiger partial charge in [0.15, 0.2) is 0 Å². The van der Waals surface area contributed by atoms with Gasteiger partial charge in [0.25, 0.3) is 5.56 Å². The molecule has 0 atom stereocenters. The molecule has 2 aromatic rings. The predicted molar refractivity (Wildman–Crippen MR) is 58.1 cm³/mol. The summed E-state index contributed by atoms with van der Waals surface area (Å²) in [5.41, 5.74) is -0.309. The summed E-state index contributed by atoms with van der Waals surface area (Å²) < 4.78 is 0.948. The molecule has 0 aromatic carbocycles. The van der Waals surface area contributed by atoms with Crippen molar-refractivity contribution in [3.63, 3.8) is 0 Å². The number of halogens is 1. The normalized spacial score (nSPS) is 10.5. The van der Waals surface area contributed by atoms with Crippen LogP contribution >= 0.6 is 22.9 Å². The van der Waals surface area contributed by atoms with Gasteiger partial charge in [0, 0.05) is 11.4 Å². The minimum atomic E-state index is -0.582. The third-order valence-electron chi connectivity index (χ3n) is 1.70. The van der Waals surface area contributed by atoms with Crippen LogP contribution in [-0.2, 0) is 0 Å². The van der Waals surface area contributed by atoms with Crippen molar-refractivity contribution in [1.82, 2.24) is 14.5 Å². The standard InChI is InChI=1S/C8H6ClN3O2S/c1-4-3-15-8(10-4)12-6(13)2-5(9)11-7(12)14/h2-3H,1H3,(H,11,14). The summed E-state index contributed by atoms with van der Waals surface area (Å²) >= 11 is 6.75. The minimum Gasteiger partial charge on any atom is -0.297 e. The molecule has 0 aliphatic heterocycles. The van der Waals surface area contributed by atoms with Crippen molar-refractivity contribution in [1.29, 1.82) is 0 Å². The largest absolute Gasteiger partial charge is 0.336 e. The van der Waals surface area contributed by atoms with Gasteiger partial charge in [0.1, 0.15) is 5.15 Å². The molecule has 0 bridgehead atoms. The lowest BCUT2D eigenvalue weighted by molar-refractivity contribution is 0.863. The van der Waals surface area contributed by atoms with E-state index >= 15 is 0 Å². The van der Waals surface area contributed by atoms with Crippen LogP contribution in [0.2, 0.25) is 5.15 Å². The first-order valence-electron chi connectivity index (χ1n) is 4.02. The molecule has 7 heteroatoms. The Kier molecular flexibility index (Phi) is 2.45. The highest BCUT2D eigenvalue weighted by Crippen LogP contribution is 2.10. The molecule has 2 heterocycles. The third-order valence-corrected chi connectivity index (χ3v) is 2.85. The number of rotatable bonds is 1. The average molecular weight is 244 g/mol. The highest BCUT2D eigenvalue weighted by Gasteiger charge is 2.08. The molecule has 0 radical (unpaired) electrons. The summed E-state index contributed by atoms with van der Waals surface area (Å²) in [6, 6.07) is 1.14. The quantitative estimate of drug-likeness (QED) is 0.758. The SMILES string of the molecule is Cc1csc(-n2c(=O)cc(Cl)[nH]c2=O)n1. The maximum Gasteiger partial charge on any atom is 0.336 e. The predicted octanol–water partition coefficient (Wildman–Crippen LogP) is 0.944. The Morgan fingerprint density at radius 2 is 2.27 bits per heavy atom. The van der Waals surface area contributed by atoms with Crippen LogP contribution in [0.1, 0.15) is 5.69 Å². The van der Waals surface area contributed by atoms with Gasteiger partial charge in [0.2, 0.25) is 5.13 Å². The molecule has 0 spiro atoms. The number of H-pyrrole nitrogens is 1. The molecule has 0 saturated carbocycles. The van der Waals surface area contributed by atoms with Crippen LogP contribution in [-0.4, -0.2) is 14.5 Å². The number of hydrogen-bond acceptors (Lipinski definition) is 4. The van der Waals surface area contributed by atoms with Gasteiger partial charge in [-0.1, -0.05) is 11.6 Å². The van der Waals surface area contributed by atoms with Crippen LogP contribution in [0.5, 0.6) is 0 Å². The van der Waals surface area contributed by atoms with Crippen LogP contribution < -0.4 is 11.2 Å². The van der Waals surface area contributed by atoms with Crippen molar-refractivity contribution >= 4 is 22.9 Å². The molecule has 1 N–H and O–H groups in total. The molecule has 0 saturated heterocycles. The van der Waals surface area contributed by atoms with Crippen LogP contribution in [0.15, 0.2) is 21.0 Å². The maximum atomic E-state index is 11.5. The Hall–Kier alpha value is -1.40. The number of nitrogens with one attached hydrogen (secondary N) is 1. The monoisotopic (exact) mass is 243 g/mol. The molecule has 0 fully saturated rings. The zero-order valence-corrected chi connectivity index (χ0v) is 9.22. The average Bonchev–Trinajstić information content (AvgIpc) is 2.49. The Morgan fingerprint density at radius 1 is 1.53 bits per heavy atom. The van der Waals surface area contributed by atoms with Crippen LogP contribution in [0, 0.1) is 6.92 Å². The maximum absolute atomic E-state index is 11.5. The van der Waals surface area contributed by atoms with Crippen molar-refractivity contribution in [3.05, 3.63) is 43.1 Å². The van der Waals surface area contributed by atoms with E-state index in [9.17, 15) is 9.59 Å². The minimum absolute atomic E-state index is 0.0227. The Labute approximate surface area is 93.0 Å². The molecule has 0 unspecified atom stereocenters. The number of nitrogens with zero attached hydrogens (tertiary/aromatic N) is 2. The fourth-order valence-electron chi connectivity index (χ4n) is 1.09. The van der Waals surface area contributed by atoms with Crippen molar-refractivity contribution in [2.24, 2.45) is 0 Å². The molecular weight excluding hydrogens is 238 g/mol. The number of hydrogen-bond donors (Lipinski definition) is 1. The fraction of sp³-hybridized carbons (Fsp3) is 0.125. The van der Waals surface area contributed by atoms with E-state index in [2.05, 4.69) is 9.97 Å². The number of thiazole rings is 1. The van der Waals surface area contributed by atoms with Crippen molar-refractivity contribution in [3.8, 4) is 5.13 Å². The molecule has 15 heavy (non-hydrogen) atoms. The lowest BCUT2D eigenvalue weighted by atomic mass is 10.6. The first-order chi connectivity index (χ1) is 7.08. The summed E-state index contributed by atoms with van der Waals surface area (Å²) in [6.45, 7) is 1.79. The fourth-order valence-corrected chi connectivity index (χ4v) is 2.07. The second-order valence-corrected chi connectivity index (χ2v) is 4.11. The number of aromatic nitrogens is 3. The molecule has 0 aliphatic rings. The Bertz CT molecular complexity index is 582. The van der Waals surface area contributed by atoms with E-state index in [-0.39, 0.29) is 5.15 Å². The van der Waals surface area contributed by atoms with Gasteiger partial charge in [-0.05, 0) is 6.92 Å². The van der Waals surface area contributed by atoms with E-state index < -0.39 is 11.2 Å². The number of aryl methyl sites for hydroxylation is 1. The van der Waals surface area contributed by atoms with Crippen LogP contribution in [0.25, 0.3) is 5.13 Å². The molecule has 0 amide bonds. The number of aromatic amines is 1. The summed E-state index contributed by atoms with van der Waals surface area (Å²) in [6.07, 6.45) is 0. The molecule has 2 aromatic heterocycles. The lowest BCUT2D eigenvalue weighted by Gasteiger charge is -1.98. The van der Waals surface area contributed by atoms with Crippen molar-refractivity contribution in [2.75, 3.05) is 0 Å². The van der Waals surface area contributed by atoms with Crippen molar-refractivity contribution < 1.29 is 0 Å². The highest BCUT2D eigenvalue weighted by atomic mass is 35.5. The van der Waals surface area contributed by atoms with Gasteiger partial charge in [-0.2, -0.15) is 0 Å². The van der Waals surface area contributed by atoms with Gasteiger partial charge < -0.3 is 0 Å². The van der Waals surface area contributed by atoms with Crippen LogP contribution in [0.3, 0.4) is 0 Å². The molecule has 2 rings (SSSR count). The van der Waals surface area contributed by atoms with Crippen LogP contribution in [0.4, 0.5) is 0 Å². The summed E-state index contributed by atoms with van der Waals surface area (Å²) in [7, 11) is 0. The second-order valence-electron chi connectivity index (χ2n) is 2.87. The Balaban J connectivity index is 2.74. The second kappa shape index (κ2) is 3.63. The lowest BCUT2D eigenvalue weighted by Crippen LogP contribution is -2.32. The smallest absolute Gasteiger partial charge is 0.297 e. The van der Waals surface area contributed by atoms with Crippen molar-refractivity contribution in [2.45, 2.75) is 6.92 Å². The highest BCUT2D eigenvalue weighted by molar-refractivity contribution is 7.12. The molecule has 0 aliphatic carbocycles. The summed E-state index contributed by atoms with van der Waals surface area (Å²) in [4.78, 5) is 29.3. The van der Waals surface area contributed by atoms with E-state index in [4.69, 9.17) is 11.6 Å². The molecule has 5 nitrogen and oxygen atoms in total. The molecular formula is C8H6ClN3O2S. The van der Waals surface area contributed by atoms with E-state index in [1.807, 2.05) is 0 Å². The third kappa shape index (κ3) is 1.86. The first kappa shape index (κ1) is 10.1. The first-order valence-corrected chi connectivity index (χ1v) is 5.28. The zero-order chi connectivity index (χ0) is 11.0. The summed E-state index contributed by atoms with van der Waals surface area (Å²) in [5.74, 6) is 0. The zero-order valence-electron chi connectivity index (χ0n) is 7.65.